The van der Waals surface area contributed by atoms with Crippen LogP contribution in [-0.4, -0.2) is 33.4 Å². The third-order valence-electron chi connectivity index (χ3n) is 5.50. The van der Waals surface area contributed by atoms with Crippen molar-refractivity contribution in [1.82, 2.24) is 14.5 Å². The fourth-order valence-corrected chi connectivity index (χ4v) is 4.68. The first-order valence-electron chi connectivity index (χ1n) is 10.0. The summed E-state index contributed by atoms with van der Waals surface area (Å²) in [6, 6.07) is 8.30. The molecular formula is C22H25N3O2S. The molecule has 0 atom stereocenters. The maximum atomic E-state index is 13.2. The molecule has 146 valence electrons. The van der Waals surface area contributed by atoms with Gasteiger partial charge in [-0.2, -0.15) is 0 Å². The number of aryl methyl sites for hydroxylation is 1. The van der Waals surface area contributed by atoms with Crippen molar-refractivity contribution in [3.8, 4) is 11.1 Å². The van der Waals surface area contributed by atoms with Crippen LogP contribution >= 0.6 is 11.3 Å². The van der Waals surface area contributed by atoms with Gasteiger partial charge in [0, 0.05) is 24.0 Å². The van der Waals surface area contributed by atoms with E-state index in [1.807, 2.05) is 10.3 Å². The quantitative estimate of drug-likeness (QED) is 0.669. The van der Waals surface area contributed by atoms with E-state index in [9.17, 15) is 9.59 Å². The predicted molar refractivity (Wildman–Crippen MR) is 114 cm³/mol. The highest BCUT2D eigenvalue weighted by Crippen LogP contribution is 2.30. The van der Waals surface area contributed by atoms with Crippen molar-refractivity contribution in [2.24, 2.45) is 0 Å². The summed E-state index contributed by atoms with van der Waals surface area (Å²) in [5.41, 5.74) is 3.04. The van der Waals surface area contributed by atoms with E-state index in [2.05, 4.69) is 36.2 Å². The summed E-state index contributed by atoms with van der Waals surface area (Å²) in [5, 5.41) is 2.60. The first kappa shape index (κ1) is 18.9. The Morgan fingerprint density at radius 1 is 1.11 bits per heavy atom. The first-order valence-corrected chi connectivity index (χ1v) is 10.9. The van der Waals surface area contributed by atoms with Gasteiger partial charge in [-0.3, -0.25) is 14.2 Å². The molecule has 0 N–H and O–H groups in total. The molecule has 0 aliphatic carbocycles. The average Bonchev–Trinajstić information content (AvgIpc) is 2.96. The van der Waals surface area contributed by atoms with Crippen molar-refractivity contribution in [2.45, 2.75) is 45.6 Å². The third-order valence-corrected chi connectivity index (χ3v) is 6.38. The lowest BCUT2D eigenvalue weighted by atomic mass is 10.0. The lowest BCUT2D eigenvalue weighted by molar-refractivity contribution is -0.131. The summed E-state index contributed by atoms with van der Waals surface area (Å²) < 4.78 is 1.46. The minimum Gasteiger partial charge on any atom is -0.341 e. The number of likely N-dealkylation sites (tertiary alicyclic amines) is 1. The Bertz CT molecular complexity index is 1030. The van der Waals surface area contributed by atoms with Gasteiger partial charge in [0.05, 0.1) is 11.7 Å². The van der Waals surface area contributed by atoms with Crippen LogP contribution in [0.4, 0.5) is 0 Å². The molecule has 1 fully saturated rings. The standard InChI is InChI=1S/C22H25N3O2S/c1-2-16-7-9-17(10-8-16)18-14-28-21-20(18)22(27)25(15-23-21)13-19(26)24-11-5-3-4-6-12-24/h7-10,14-15H,2-6,11-13H2,1H3. The molecular weight excluding hydrogens is 370 g/mol. The smallest absolute Gasteiger partial charge is 0.263 e. The number of nitrogens with zero attached hydrogens (tertiary/aromatic N) is 3. The largest absolute Gasteiger partial charge is 0.341 e. The summed E-state index contributed by atoms with van der Waals surface area (Å²) in [7, 11) is 0. The Kier molecular flexibility index (Phi) is 5.57. The summed E-state index contributed by atoms with van der Waals surface area (Å²) >= 11 is 1.47. The van der Waals surface area contributed by atoms with E-state index in [0.29, 0.717) is 5.39 Å². The molecule has 0 bridgehead atoms. The second kappa shape index (κ2) is 8.27. The zero-order chi connectivity index (χ0) is 19.5. The highest BCUT2D eigenvalue weighted by Gasteiger charge is 2.18. The molecule has 3 aromatic rings. The normalized spacial score (nSPS) is 15.0. The first-order chi connectivity index (χ1) is 13.7. The van der Waals surface area contributed by atoms with E-state index in [0.717, 1.165) is 48.3 Å². The number of carbonyl (C=O) groups is 1. The van der Waals surface area contributed by atoms with Gasteiger partial charge < -0.3 is 4.90 Å². The van der Waals surface area contributed by atoms with Gasteiger partial charge in [0.25, 0.3) is 5.56 Å². The molecule has 28 heavy (non-hydrogen) atoms. The van der Waals surface area contributed by atoms with Crippen LogP contribution in [-0.2, 0) is 17.8 Å². The zero-order valence-corrected chi connectivity index (χ0v) is 17.0. The molecule has 1 aliphatic rings. The van der Waals surface area contributed by atoms with Crippen LogP contribution in [0.2, 0.25) is 0 Å². The molecule has 1 saturated heterocycles. The lowest BCUT2D eigenvalue weighted by Crippen LogP contribution is -2.37. The fraction of sp³-hybridized carbons (Fsp3) is 0.409. The minimum absolute atomic E-state index is 0.00854. The second-order valence-corrected chi connectivity index (χ2v) is 8.21. The minimum atomic E-state index is -0.135. The Morgan fingerprint density at radius 3 is 2.50 bits per heavy atom. The predicted octanol–water partition coefficient (Wildman–Crippen LogP) is 4.09. The molecule has 0 spiro atoms. The molecule has 0 unspecified atom stereocenters. The van der Waals surface area contributed by atoms with E-state index < -0.39 is 0 Å². The monoisotopic (exact) mass is 395 g/mol. The van der Waals surface area contributed by atoms with Gasteiger partial charge >= 0.3 is 0 Å². The lowest BCUT2D eigenvalue weighted by Gasteiger charge is -2.20. The summed E-state index contributed by atoms with van der Waals surface area (Å²) in [6.07, 6.45) is 6.93. The van der Waals surface area contributed by atoms with Gasteiger partial charge in [-0.1, -0.05) is 44.0 Å². The van der Waals surface area contributed by atoms with Gasteiger partial charge in [-0.15, -0.1) is 11.3 Å². The van der Waals surface area contributed by atoms with Crippen LogP contribution < -0.4 is 5.56 Å². The van der Waals surface area contributed by atoms with Crippen molar-refractivity contribution in [2.75, 3.05) is 13.1 Å². The van der Waals surface area contributed by atoms with Gasteiger partial charge in [0.2, 0.25) is 5.91 Å². The Labute approximate surface area is 168 Å². The van der Waals surface area contributed by atoms with Crippen molar-refractivity contribution in [3.05, 3.63) is 51.9 Å². The molecule has 0 radical (unpaired) electrons. The molecule has 0 saturated carbocycles. The molecule has 3 heterocycles. The zero-order valence-electron chi connectivity index (χ0n) is 16.2. The van der Waals surface area contributed by atoms with Crippen LogP contribution in [0.25, 0.3) is 21.3 Å². The van der Waals surface area contributed by atoms with E-state index >= 15 is 0 Å². The number of thiophene rings is 1. The Hall–Kier alpha value is -2.47. The average molecular weight is 396 g/mol. The van der Waals surface area contributed by atoms with Crippen LogP contribution in [0.3, 0.4) is 0 Å². The molecule has 2 aromatic heterocycles. The van der Waals surface area contributed by atoms with Crippen LogP contribution in [0.15, 0.2) is 40.8 Å². The van der Waals surface area contributed by atoms with Gasteiger partial charge in [0.15, 0.2) is 0 Å². The summed E-state index contributed by atoms with van der Waals surface area (Å²) in [4.78, 5) is 32.9. The van der Waals surface area contributed by atoms with Crippen molar-refractivity contribution in [1.29, 1.82) is 0 Å². The fourth-order valence-electron chi connectivity index (χ4n) is 3.78. The highest BCUT2D eigenvalue weighted by molar-refractivity contribution is 7.17. The molecule has 5 nitrogen and oxygen atoms in total. The maximum absolute atomic E-state index is 13.2. The molecule has 1 amide bonds. The van der Waals surface area contributed by atoms with Crippen LogP contribution in [0.5, 0.6) is 0 Å². The Balaban J connectivity index is 1.66. The SMILES string of the molecule is CCc1ccc(-c2csc3ncn(CC(=O)N4CCCCCC4)c(=O)c23)cc1. The van der Waals surface area contributed by atoms with Crippen molar-refractivity contribution in [3.63, 3.8) is 0 Å². The molecule has 6 heteroatoms. The van der Waals surface area contributed by atoms with Crippen molar-refractivity contribution < 1.29 is 4.79 Å². The van der Waals surface area contributed by atoms with Crippen LogP contribution in [0.1, 0.15) is 38.2 Å². The number of aromatic nitrogens is 2. The van der Waals surface area contributed by atoms with Crippen molar-refractivity contribution >= 4 is 27.5 Å². The van der Waals surface area contributed by atoms with Gasteiger partial charge in [0.1, 0.15) is 11.4 Å². The van der Waals surface area contributed by atoms with E-state index in [1.165, 1.54) is 40.6 Å². The maximum Gasteiger partial charge on any atom is 0.263 e. The summed E-state index contributed by atoms with van der Waals surface area (Å²) in [6.45, 7) is 3.76. The van der Waals surface area contributed by atoms with Gasteiger partial charge in [-0.25, -0.2) is 4.98 Å². The Morgan fingerprint density at radius 2 is 1.82 bits per heavy atom. The molecule has 4 rings (SSSR count). The number of hydrogen-bond donors (Lipinski definition) is 0. The number of amides is 1. The van der Waals surface area contributed by atoms with Gasteiger partial charge in [-0.05, 0) is 30.4 Å². The third kappa shape index (κ3) is 3.74. The van der Waals surface area contributed by atoms with E-state index in [1.54, 1.807) is 0 Å². The topological polar surface area (TPSA) is 55.2 Å². The highest BCUT2D eigenvalue weighted by atomic mass is 32.1. The number of carbonyl (C=O) groups excluding carboxylic acids is 1. The molecule has 1 aromatic carbocycles. The molecule has 1 aliphatic heterocycles. The number of benzene rings is 1. The number of hydrogen-bond acceptors (Lipinski definition) is 4. The van der Waals surface area contributed by atoms with E-state index in [-0.39, 0.29) is 18.0 Å². The van der Waals surface area contributed by atoms with E-state index in [4.69, 9.17) is 0 Å². The second-order valence-electron chi connectivity index (χ2n) is 7.35. The number of fused-ring (bicyclic) bond motifs is 1. The number of rotatable bonds is 4. The summed E-state index contributed by atoms with van der Waals surface area (Å²) in [5.74, 6) is 0.00854. The van der Waals surface area contributed by atoms with Crippen LogP contribution in [0, 0.1) is 0 Å².